The Kier molecular flexibility index (Phi) is 7.31. The maximum atomic E-state index is 13.0. The zero-order chi connectivity index (χ0) is 23.3. The molecule has 4 nitrogen and oxygen atoms in total. The van der Waals surface area contributed by atoms with Crippen LogP contribution in [0.25, 0.3) is 0 Å². The SMILES string of the molecule is COc1ccc([C@@H](C)NC(=S)Nc2cccc(C(=O)c3ccc(C(C)(C)C)cc3)c2)cc1. The molecule has 0 aliphatic heterocycles. The van der Waals surface area contributed by atoms with Gasteiger partial charge in [0.05, 0.1) is 13.2 Å². The van der Waals surface area contributed by atoms with Crippen LogP contribution in [0.5, 0.6) is 5.75 Å². The molecule has 0 heterocycles. The van der Waals surface area contributed by atoms with E-state index in [1.165, 1.54) is 5.56 Å². The molecule has 0 spiro atoms. The zero-order valence-electron chi connectivity index (χ0n) is 19.2. The standard InChI is InChI=1S/C27H30N2O2S/c1-18(19-11-15-24(31-5)16-12-19)28-26(32)29-23-8-6-7-21(17-23)25(30)20-9-13-22(14-10-20)27(2,3)4/h6-18H,1-5H3,(H2,28,29,32)/t18-/m1/s1. The third-order valence-corrected chi connectivity index (χ3v) is 5.58. The van der Waals surface area contributed by atoms with E-state index in [2.05, 4.69) is 31.4 Å². The van der Waals surface area contributed by atoms with Crippen molar-refractivity contribution in [1.82, 2.24) is 5.32 Å². The minimum absolute atomic E-state index is 0.0143. The van der Waals surface area contributed by atoms with Crippen LogP contribution in [0.15, 0.2) is 72.8 Å². The highest BCUT2D eigenvalue weighted by Gasteiger charge is 2.15. The lowest BCUT2D eigenvalue weighted by molar-refractivity contribution is 0.103. The predicted octanol–water partition coefficient (Wildman–Crippen LogP) is 6.27. The Morgan fingerprint density at radius 3 is 2.19 bits per heavy atom. The topological polar surface area (TPSA) is 50.4 Å². The second-order valence-corrected chi connectivity index (χ2v) is 9.24. The van der Waals surface area contributed by atoms with Gasteiger partial charge in [0.1, 0.15) is 5.75 Å². The van der Waals surface area contributed by atoms with Gasteiger partial charge in [-0.25, -0.2) is 0 Å². The highest BCUT2D eigenvalue weighted by molar-refractivity contribution is 7.80. The van der Waals surface area contributed by atoms with Crippen molar-refractivity contribution in [2.75, 3.05) is 12.4 Å². The molecule has 1 atom stereocenters. The molecule has 0 unspecified atom stereocenters. The summed E-state index contributed by atoms with van der Waals surface area (Å²) < 4.78 is 5.21. The molecule has 0 fully saturated rings. The van der Waals surface area contributed by atoms with Gasteiger partial charge in [0, 0.05) is 16.8 Å². The Balaban J connectivity index is 1.66. The fourth-order valence-corrected chi connectivity index (χ4v) is 3.66. The van der Waals surface area contributed by atoms with Crippen LogP contribution in [0.3, 0.4) is 0 Å². The van der Waals surface area contributed by atoms with Crippen molar-refractivity contribution < 1.29 is 9.53 Å². The summed E-state index contributed by atoms with van der Waals surface area (Å²) in [4.78, 5) is 13.0. The summed E-state index contributed by atoms with van der Waals surface area (Å²) in [7, 11) is 1.65. The first-order valence-corrected chi connectivity index (χ1v) is 11.0. The monoisotopic (exact) mass is 446 g/mol. The Labute approximate surface area is 196 Å². The Hall–Kier alpha value is -3.18. The van der Waals surface area contributed by atoms with Crippen molar-refractivity contribution in [1.29, 1.82) is 0 Å². The van der Waals surface area contributed by atoms with E-state index in [1.54, 1.807) is 7.11 Å². The number of methoxy groups -OCH3 is 1. The van der Waals surface area contributed by atoms with Gasteiger partial charge < -0.3 is 15.4 Å². The van der Waals surface area contributed by atoms with Crippen LogP contribution in [-0.2, 0) is 5.41 Å². The summed E-state index contributed by atoms with van der Waals surface area (Å²) in [5.41, 5.74) is 4.40. The number of hydrogen-bond acceptors (Lipinski definition) is 3. The van der Waals surface area contributed by atoms with Gasteiger partial charge in [-0.05, 0) is 59.9 Å². The van der Waals surface area contributed by atoms with Crippen molar-refractivity contribution >= 4 is 28.8 Å². The molecule has 0 bridgehead atoms. The summed E-state index contributed by atoms with van der Waals surface area (Å²) in [5, 5.41) is 6.95. The minimum atomic E-state index is -0.0143. The third kappa shape index (κ3) is 5.95. The number of rotatable bonds is 6. The second-order valence-electron chi connectivity index (χ2n) is 8.83. The number of carbonyl (C=O) groups is 1. The van der Waals surface area contributed by atoms with E-state index in [1.807, 2.05) is 79.7 Å². The lowest BCUT2D eigenvalue weighted by Crippen LogP contribution is -2.30. The number of ketones is 1. The largest absolute Gasteiger partial charge is 0.497 e. The summed E-state index contributed by atoms with van der Waals surface area (Å²) in [6, 6.07) is 23.1. The number of hydrogen-bond donors (Lipinski definition) is 2. The highest BCUT2D eigenvalue weighted by Crippen LogP contribution is 2.23. The predicted molar refractivity (Wildman–Crippen MR) is 136 cm³/mol. The van der Waals surface area contributed by atoms with Gasteiger partial charge in [-0.2, -0.15) is 0 Å². The number of benzene rings is 3. The van der Waals surface area contributed by atoms with Gasteiger partial charge in [-0.1, -0.05) is 69.3 Å². The molecule has 32 heavy (non-hydrogen) atoms. The first-order chi connectivity index (χ1) is 15.2. The van der Waals surface area contributed by atoms with Crippen molar-refractivity contribution in [3.05, 3.63) is 95.1 Å². The lowest BCUT2D eigenvalue weighted by Gasteiger charge is -2.19. The van der Waals surface area contributed by atoms with Crippen molar-refractivity contribution in [3.8, 4) is 5.75 Å². The number of nitrogens with one attached hydrogen (secondary N) is 2. The average Bonchev–Trinajstić information content (AvgIpc) is 2.78. The lowest BCUT2D eigenvalue weighted by atomic mass is 9.86. The fourth-order valence-electron chi connectivity index (χ4n) is 3.37. The molecule has 0 saturated heterocycles. The molecule has 3 aromatic carbocycles. The second kappa shape index (κ2) is 9.96. The van der Waals surface area contributed by atoms with E-state index in [9.17, 15) is 4.79 Å². The first-order valence-electron chi connectivity index (χ1n) is 10.6. The van der Waals surface area contributed by atoms with Crippen LogP contribution in [0.2, 0.25) is 0 Å². The molecule has 0 amide bonds. The smallest absolute Gasteiger partial charge is 0.193 e. The Bertz CT molecular complexity index is 1080. The van der Waals surface area contributed by atoms with Crippen molar-refractivity contribution in [2.24, 2.45) is 0 Å². The number of thiocarbonyl (C=S) groups is 1. The maximum absolute atomic E-state index is 13.0. The summed E-state index contributed by atoms with van der Waals surface area (Å²) >= 11 is 5.48. The zero-order valence-corrected chi connectivity index (χ0v) is 20.0. The summed E-state index contributed by atoms with van der Waals surface area (Å²) in [5.74, 6) is 0.802. The Morgan fingerprint density at radius 1 is 0.938 bits per heavy atom. The molecule has 5 heteroatoms. The van der Waals surface area contributed by atoms with Crippen LogP contribution < -0.4 is 15.4 Å². The van der Waals surface area contributed by atoms with E-state index in [-0.39, 0.29) is 17.2 Å². The maximum Gasteiger partial charge on any atom is 0.193 e. The molecule has 3 rings (SSSR count). The number of carbonyl (C=O) groups excluding carboxylic acids is 1. The van der Waals surface area contributed by atoms with E-state index in [4.69, 9.17) is 17.0 Å². The van der Waals surface area contributed by atoms with Gasteiger partial charge in [0.2, 0.25) is 0 Å². The molecule has 0 saturated carbocycles. The van der Waals surface area contributed by atoms with E-state index >= 15 is 0 Å². The molecule has 166 valence electrons. The molecule has 0 aliphatic carbocycles. The number of anilines is 1. The molecule has 2 N–H and O–H groups in total. The normalized spacial score (nSPS) is 12.0. The van der Waals surface area contributed by atoms with Crippen molar-refractivity contribution in [2.45, 2.75) is 39.2 Å². The van der Waals surface area contributed by atoms with Gasteiger partial charge in [-0.15, -0.1) is 0 Å². The van der Waals surface area contributed by atoms with Gasteiger partial charge in [-0.3, -0.25) is 4.79 Å². The average molecular weight is 447 g/mol. The van der Waals surface area contributed by atoms with Crippen LogP contribution in [0, 0.1) is 0 Å². The van der Waals surface area contributed by atoms with Crippen LogP contribution in [0.4, 0.5) is 5.69 Å². The first kappa shape index (κ1) is 23.5. The van der Waals surface area contributed by atoms with Crippen molar-refractivity contribution in [3.63, 3.8) is 0 Å². The summed E-state index contributed by atoms with van der Waals surface area (Å²) in [6.07, 6.45) is 0. The quantitative estimate of drug-likeness (QED) is 0.345. The third-order valence-electron chi connectivity index (χ3n) is 5.36. The molecular formula is C27H30N2O2S. The fraction of sp³-hybridized carbons (Fsp3) is 0.259. The van der Waals surface area contributed by atoms with Crippen LogP contribution in [-0.4, -0.2) is 18.0 Å². The van der Waals surface area contributed by atoms with Crippen LogP contribution in [0.1, 0.15) is 60.8 Å². The summed E-state index contributed by atoms with van der Waals surface area (Å²) in [6.45, 7) is 8.51. The van der Waals surface area contributed by atoms with E-state index in [0.29, 0.717) is 16.2 Å². The minimum Gasteiger partial charge on any atom is -0.497 e. The molecular weight excluding hydrogens is 416 g/mol. The van der Waals surface area contributed by atoms with Gasteiger partial charge in [0.15, 0.2) is 10.9 Å². The molecule has 3 aromatic rings. The molecule has 0 aliphatic rings. The van der Waals surface area contributed by atoms with E-state index < -0.39 is 0 Å². The van der Waals surface area contributed by atoms with Crippen LogP contribution >= 0.6 is 12.2 Å². The number of ether oxygens (including phenoxy) is 1. The molecule has 0 radical (unpaired) electrons. The molecule has 0 aromatic heterocycles. The Morgan fingerprint density at radius 2 is 1.59 bits per heavy atom. The highest BCUT2D eigenvalue weighted by atomic mass is 32.1. The van der Waals surface area contributed by atoms with Gasteiger partial charge in [0.25, 0.3) is 0 Å². The van der Waals surface area contributed by atoms with Gasteiger partial charge >= 0.3 is 0 Å². The van der Waals surface area contributed by atoms with E-state index in [0.717, 1.165) is 17.0 Å².